The molecule has 0 spiro atoms. The lowest BCUT2D eigenvalue weighted by molar-refractivity contribution is -0.122. The van der Waals surface area contributed by atoms with Crippen molar-refractivity contribution >= 4 is 87.3 Å². The van der Waals surface area contributed by atoms with Gasteiger partial charge < -0.3 is 23.9 Å². The summed E-state index contributed by atoms with van der Waals surface area (Å²) in [6.07, 6.45) is 2.14. The number of halogens is 5. The highest BCUT2D eigenvalue weighted by molar-refractivity contribution is 7.80. The molecule has 7 nitrogen and oxygen atoms in total. The number of amides is 1. The molecule has 0 aliphatic carbocycles. The number of carbonyl (C=O) groups excluding carboxylic acids is 1. The summed E-state index contributed by atoms with van der Waals surface area (Å²) in [5.74, 6) is 2.01. The molecule has 1 fully saturated rings. The molecule has 1 saturated heterocycles. The van der Waals surface area contributed by atoms with Gasteiger partial charge in [0.25, 0.3) is 5.91 Å². The molecule has 0 atom stereocenters. The van der Waals surface area contributed by atoms with Gasteiger partial charge in [0.15, 0.2) is 22.4 Å². The van der Waals surface area contributed by atoms with Crippen LogP contribution in [0.1, 0.15) is 30.9 Å². The first-order valence-corrected chi connectivity index (χ1v) is 14.4. The van der Waals surface area contributed by atoms with Gasteiger partial charge in [0.2, 0.25) is 0 Å². The van der Waals surface area contributed by atoms with Crippen LogP contribution in [-0.2, 0) is 17.8 Å². The molecule has 2 heterocycles. The summed E-state index contributed by atoms with van der Waals surface area (Å²) in [4.78, 5) is 14.6. The molecule has 3 aromatic rings. The lowest BCUT2D eigenvalue weighted by atomic mass is 10.1. The quantitative estimate of drug-likeness (QED) is 0.0959. The molecule has 13 heteroatoms. The van der Waals surface area contributed by atoms with Crippen LogP contribution in [0.4, 0.5) is 0 Å². The van der Waals surface area contributed by atoms with E-state index >= 15 is 0 Å². The zero-order valence-electron chi connectivity index (χ0n) is 21.3. The van der Waals surface area contributed by atoms with Crippen molar-refractivity contribution < 1.29 is 23.4 Å². The van der Waals surface area contributed by atoms with E-state index in [-0.39, 0.29) is 49.1 Å². The predicted molar refractivity (Wildman–Crippen MR) is 162 cm³/mol. The van der Waals surface area contributed by atoms with Crippen molar-refractivity contribution in [2.75, 3.05) is 19.8 Å². The number of nitrogens with zero attached hydrogens (tertiary/aromatic N) is 1. The van der Waals surface area contributed by atoms with E-state index in [2.05, 4.69) is 5.32 Å². The van der Waals surface area contributed by atoms with Gasteiger partial charge in [-0.1, -0.05) is 64.1 Å². The van der Waals surface area contributed by atoms with Crippen LogP contribution in [0.25, 0.3) is 6.08 Å². The molecular formula is C27H23Cl5N2O5S. The van der Waals surface area contributed by atoms with Gasteiger partial charge >= 0.3 is 0 Å². The Morgan fingerprint density at radius 3 is 2.23 bits per heavy atom. The zero-order valence-corrected chi connectivity index (χ0v) is 25.9. The van der Waals surface area contributed by atoms with Crippen LogP contribution in [-0.4, -0.2) is 35.7 Å². The molecule has 212 valence electrons. The van der Waals surface area contributed by atoms with Gasteiger partial charge in [0, 0.05) is 12.6 Å². The highest BCUT2D eigenvalue weighted by atomic mass is 35.5. The molecule has 0 radical (unpaired) electrons. The molecule has 0 saturated carbocycles. The largest absolute Gasteiger partial charge is 0.490 e. The maximum Gasteiger partial charge on any atom is 0.276 e. The predicted octanol–water partition coefficient (Wildman–Crippen LogP) is 8.22. The van der Waals surface area contributed by atoms with Crippen molar-refractivity contribution in [1.82, 2.24) is 10.2 Å². The topological polar surface area (TPSA) is 73.2 Å². The second kappa shape index (κ2) is 13.6. The summed E-state index contributed by atoms with van der Waals surface area (Å²) in [5.41, 5.74) is 1.27. The Balaban J connectivity index is 1.40. The molecule has 0 unspecified atom stereocenters. The maximum atomic E-state index is 13.1. The molecule has 1 amide bonds. The highest BCUT2D eigenvalue weighted by Crippen LogP contribution is 2.48. The average Bonchev–Trinajstić information content (AvgIpc) is 3.49. The number of rotatable bonds is 11. The van der Waals surface area contributed by atoms with Gasteiger partial charge in [-0.05, 0) is 62.3 Å². The van der Waals surface area contributed by atoms with Crippen molar-refractivity contribution in [1.29, 1.82) is 0 Å². The molecule has 0 bridgehead atoms. The van der Waals surface area contributed by atoms with Crippen molar-refractivity contribution in [2.24, 2.45) is 0 Å². The fourth-order valence-corrected chi connectivity index (χ4v) is 5.33. The van der Waals surface area contributed by atoms with Crippen molar-refractivity contribution in [2.45, 2.75) is 26.9 Å². The Bertz CT molecular complexity index is 1450. The molecular weight excluding hydrogens is 642 g/mol. The normalized spacial score (nSPS) is 14.2. The third-order valence-corrected chi connectivity index (χ3v) is 8.26. The molecule has 2 aromatic carbocycles. The number of hydrogen-bond acceptors (Lipinski definition) is 6. The Morgan fingerprint density at radius 2 is 1.55 bits per heavy atom. The van der Waals surface area contributed by atoms with Gasteiger partial charge in [-0.15, -0.1) is 0 Å². The summed E-state index contributed by atoms with van der Waals surface area (Å²) in [5, 5.41) is 3.42. The van der Waals surface area contributed by atoms with E-state index in [0.29, 0.717) is 54.3 Å². The highest BCUT2D eigenvalue weighted by Gasteiger charge is 2.30. The van der Waals surface area contributed by atoms with E-state index in [1.165, 1.54) is 4.90 Å². The van der Waals surface area contributed by atoms with Crippen LogP contribution < -0.4 is 19.5 Å². The van der Waals surface area contributed by atoms with Crippen LogP contribution >= 0.6 is 70.2 Å². The molecule has 1 N–H and O–H groups in total. The number of furan rings is 1. The second-order valence-electron chi connectivity index (χ2n) is 8.33. The Labute approximate surface area is 261 Å². The fraction of sp³-hybridized carbons (Fsp3) is 0.259. The van der Waals surface area contributed by atoms with E-state index < -0.39 is 0 Å². The van der Waals surface area contributed by atoms with E-state index in [1.807, 2.05) is 32.0 Å². The summed E-state index contributed by atoms with van der Waals surface area (Å²) >= 11 is 36.0. The number of nitrogens with one attached hydrogen (secondary N) is 1. The summed E-state index contributed by atoms with van der Waals surface area (Å²) < 4.78 is 22.8. The number of ether oxygens (including phenoxy) is 3. The summed E-state index contributed by atoms with van der Waals surface area (Å²) in [7, 11) is 0. The third-order valence-electron chi connectivity index (χ3n) is 5.69. The first-order chi connectivity index (χ1) is 19.1. The lowest BCUT2D eigenvalue weighted by Gasteiger charge is -2.15. The molecule has 4 rings (SSSR count). The number of benzene rings is 2. The first kappa shape index (κ1) is 30.6. The minimum absolute atomic E-state index is 0.0289. The minimum atomic E-state index is -0.265. The van der Waals surface area contributed by atoms with E-state index in [1.54, 1.807) is 18.2 Å². The summed E-state index contributed by atoms with van der Waals surface area (Å²) in [6.45, 7) is 5.23. The zero-order chi connectivity index (χ0) is 29.0. The van der Waals surface area contributed by atoms with Gasteiger partial charge in [0.05, 0.1) is 28.3 Å². The Hall–Kier alpha value is -2.33. The van der Waals surface area contributed by atoms with Crippen molar-refractivity contribution in [3.05, 3.63) is 78.2 Å². The number of hydrogen-bond donors (Lipinski definition) is 1. The standard InChI is InChI=1S/C27H23Cl5N2O5S/c1-3-36-18-8-5-14(11-19(18)37-4-2)9-10-34-26(35)17(33-27(34)40)12-15-6-7-16(39-15)13-38-25-23(31)21(29)20(28)22(30)24(25)32/h5-8,11-12H,3-4,9-10,13H2,1-2H3,(H,33,40)/b17-12+. The van der Waals surface area contributed by atoms with E-state index in [9.17, 15) is 4.79 Å². The molecule has 1 aliphatic heterocycles. The van der Waals surface area contributed by atoms with Crippen LogP contribution in [0.15, 0.2) is 40.4 Å². The summed E-state index contributed by atoms with van der Waals surface area (Å²) in [6, 6.07) is 9.10. The fourth-order valence-electron chi connectivity index (χ4n) is 3.81. The van der Waals surface area contributed by atoms with Gasteiger partial charge in [0.1, 0.15) is 33.9 Å². The Morgan fingerprint density at radius 1 is 0.900 bits per heavy atom. The average molecular weight is 665 g/mol. The monoisotopic (exact) mass is 662 g/mol. The van der Waals surface area contributed by atoms with Crippen LogP contribution in [0.2, 0.25) is 25.1 Å². The first-order valence-electron chi connectivity index (χ1n) is 12.1. The molecule has 40 heavy (non-hydrogen) atoms. The van der Waals surface area contributed by atoms with Crippen LogP contribution in [0.3, 0.4) is 0 Å². The maximum absolute atomic E-state index is 13.1. The number of thiocarbonyl (C=S) groups is 1. The molecule has 1 aromatic heterocycles. The third kappa shape index (κ3) is 6.75. The SMILES string of the molecule is CCOc1ccc(CCN2C(=O)/C(=C\c3ccc(COc4c(Cl)c(Cl)c(Cl)c(Cl)c4Cl)o3)NC2=S)cc1OCC. The van der Waals surface area contributed by atoms with Crippen LogP contribution in [0, 0.1) is 0 Å². The lowest BCUT2D eigenvalue weighted by Crippen LogP contribution is -2.32. The van der Waals surface area contributed by atoms with Crippen molar-refractivity contribution in [3.63, 3.8) is 0 Å². The van der Waals surface area contributed by atoms with Crippen LogP contribution in [0.5, 0.6) is 17.2 Å². The van der Waals surface area contributed by atoms with Gasteiger partial charge in [-0.3, -0.25) is 9.69 Å². The minimum Gasteiger partial charge on any atom is -0.490 e. The number of carbonyl (C=O) groups is 1. The molecule has 1 aliphatic rings. The van der Waals surface area contributed by atoms with E-state index in [4.69, 9.17) is 88.9 Å². The Kier molecular flexibility index (Phi) is 10.4. The van der Waals surface area contributed by atoms with E-state index in [0.717, 1.165) is 5.56 Å². The van der Waals surface area contributed by atoms with Gasteiger partial charge in [-0.25, -0.2) is 0 Å². The van der Waals surface area contributed by atoms with Crippen molar-refractivity contribution in [3.8, 4) is 17.2 Å². The van der Waals surface area contributed by atoms with Gasteiger partial charge in [-0.2, -0.15) is 0 Å². The smallest absolute Gasteiger partial charge is 0.276 e. The second-order valence-corrected chi connectivity index (χ2v) is 10.6.